The minimum absolute atomic E-state index is 0.0928. The maximum absolute atomic E-state index is 6.32. The molecule has 1 unspecified atom stereocenters. The smallest absolute Gasteiger partial charge is 0.0847 e. The van der Waals surface area contributed by atoms with Gasteiger partial charge in [0.15, 0.2) is 0 Å². The van der Waals surface area contributed by atoms with Crippen LogP contribution >= 0.6 is 27.5 Å². The average Bonchev–Trinajstić information content (AvgIpc) is 2.59. The highest BCUT2D eigenvalue weighted by molar-refractivity contribution is 9.10. The van der Waals surface area contributed by atoms with Crippen molar-refractivity contribution in [1.82, 2.24) is 9.78 Å². The van der Waals surface area contributed by atoms with Gasteiger partial charge in [-0.15, -0.1) is 0 Å². The van der Waals surface area contributed by atoms with Gasteiger partial charge in [-0.25, -0.2) is 0 Å². The van der Waals surface area contributed by atoms with E-state index in [2.05, 4.69) is 40.1 Å². The Balaban J connectivity index is 2.30. The second-order valence-electron chi connectivity index (χ2n) is 4.78. The molecule has 0 aliphatic rings. The number of rotatable bonds is 3. The monoisotopic (exact) mass is 341 g/mol. The fraction of sp³-hybridized carbons (Fsp3) is 0.357. The quantitative estimate of drug-likeness (QED) is 0.924. The van der Waals surface area contributed by atoms with Crippen LogP contribution in [0.5, 0.6) is 0 Å². The van der Waals surface area contributed by atoms with Crippen LogP contribution in [0.4, 0.5) is 0 Å². The van der Waals surface area contributed by atoms with Gasteiger partial charge < -0.3 is 5.73 Å². The van der Waals surface area contributed by atoms with Gasteiger partial charge in [-0.2, -0.15) is 5.10 Å². The Hall–Kier alpha value is -0.840. The third kappa shape index (κ3) is 3.02. The molecular weight excluding hydrogens is 326 g/mol. The summed E-state index contributed by atoms with van der Waals surface area (Å²) >= 11 is 9.75. The zero-order chi connectivity index (χ0) is 14.2. The van der Waals surface area contributed by atoms with E-state index in [-0.39, 0.29) is 6.04 Å². The number of nitrogens with two attached hydrogens (primary N) is 1. The van der Waals surface area contributed by atoms with Crippen molar-refractivity contribution < 1.29 is 0 Å². The lowest BCUT2D eigenvalue weighted by molar-refractivity contribution is 0.637. The molecule has 102 valence electrons. The van der Waals surface area contributed by atoms with Crippen molar-refractivity contribution in [2.45, 2.75) is 26.3 Å². The van der Waals surface area contributed by atoms with Crippen LogP contribution in [-0.4, -0.2) is 9.78 Å². The van der Waals surface area contributed by atoms with E-state index in [1.165, 1.54) is 5.56 Å². The number of aromatic nitrogens is 2. The van der Waals surface area contributed by atoms with Gasteiger partial charge in [0.2, 0.25) is 0 Å². The van der Waals surface area contributed by atoms with Gasteiger partial charge in [-0.05, 0) is 37.1 Å². The van der Waals surface area contributed by atoms with Crippen LogP contribution in [0.3, 0.4) is 0 Å². The van der Waals surface area contributed by atoms with E-state index in [1.54, 1.807) is 0 Å². The van der Waals surface area contributed by atoms with Gasteiger partial charge in [-0.3, -0.25) is 4.68 Å². The second-order valence-corrected chi connectivity index (χ2v) is 6.07. The minimum Gasteiger partial charge on any atom is -0.324 e. The highest BCUT2D eigenvalue weighted by Gasteiger charge is 2.17. The lowest BCUT2D eigenvalue weighted by atomic mass is 9.98. The summed E-state index contributed by atoms with van der Waals surface area (Å²) in [6.07, 6.45) is 0.674. The van der Waals surface area contributed by atoms with Gasteiger partial charge in [0, 0.05) is 24.0 Å². The van der Waals surface area contributed by atoms with Crippen LogP contribution in [0.15, 0.2) is 22.7 Å². The fourth-order valence-electron chi connectivity index (χ4n) is 2.23. The van der Waals surface area contributed by atoms with E-state index in [1.807, 2.05) is 24.7 Å². The Morgan fingerprint density at radius 3 is 2.68 bits per heavy atom. The Morgan fingerprint density at radius 1 is 1.42 bits per heavy atom. The van der Waals surface area contributed by atoms with Crippen LogP contribution < -0.4 is 5.73 Å². The summed E-state index contributed by atoms with van der Waals surface area (Å²) in [7, 11) is 1.90. The van der Waals surface area contributed by atoms with Gasteiger partial charge in [0.1, 0.15) is 0 Å². The van der Waals surface area contributed by atoms with Crippen molar-refractivity contribution in [2.24, 2.45) is 12.8 Å². The van der Waals surface area contributed by atoms with Crippen LogP contribution in [0, 0.1) is 13.8 Å². The number of hydrogen-bond donors (Lipinski definition) is 1. The summed E-state index contributed by atoms with van der Waals surface area (Å²) in [5, 5.41) is 5.03. The summed E-state index contributed by atoms with van der Waals surface area (Å²) < 4.78 is 2.85. The van der Waals surface area contributed by atoms with E-state index in [9.17, 15) is 0 Å². The summed E-state index contributed by atoms with van der Waals surface area (Å²) in [6.45, 7) is 3.97. The molecule has 0 fully saturated rings. The molecule has 1 aromatic carbocycles. The van der Waals surface area contributed by atoms with Crippen molar-refractivity contribution in [3.63, 3.8) is 0 Å². The zero-order valence-corrected chi connectivity index (χ0v) is 13.6. The molecule has 1 heterocycles. The molecule has 0 radical (unpaired) electrons. The van der Waals surface area contributed by atoms with E-state index in [0.717, 1.165) is 21.4 Å². The molecule has 0 aliphatic heterocycles. The SMILES string of the molecule is Cc1ccc(Br)cc1C(N)Cc1c(Cl)c(C)nn1C. The maximum atomic E-state index is 6.32. The van der Waals surface area contributed by atoms with E-state index < -0.39 is 0 Å². The lowest BCUT2D eigenvalue weighted by Crippen LogP contribution is -2.16. The molecule has 1 aromatic heterocycles. The zero-order valence-electron chi connectivity index (χ0n) is 11.2. The van der Waals surface area contributed by atoms with Crippen LogP contribution in [0.1, 0.15) is 28.6 Å². The van der Waals surface area contributed by atoms with E-state index >= 15 is 0 Å². The molecule has 2 rings (SSSR count). The number of nitrogens with zero attached hydrogens (tertiary/aromatic N) is 2. The molecule has 3 nitrogen and oxygen atoms in total. The lowest BCUT2D eigenvalue weighted by Gasteiger charge is -2.15. The molecule has 0 amide bonds. The first-order valence-corrected chi connectivity index (χ1v) is 7.27. The summed E-state index contributed by atoms with van der Waals surface area (Å²) in [4.78, 5) is 0. The molecule has 2 N–H and O–H groups in total. The number of aryl methyl sites for hydroxylation is 3. The molecule has 2 aromatic rings. The van der Waals surface area contributed by atoms with Crippen LogP contribution in [-0.2, 0) is 13.5 Å². The van der Waals surface area contributed by atoms with Gasteiger partial charge >= 0.3 is 0 Å². The van der Waals surface area contributed by atoms with E-state index in [4.69, 9.17) is 17.3 Å². The van der Waals surface area contributed by atoms with Crippen molar-refractivity contribution in [3.05, 3.63) is 50.2 Å². The van der Waals surface area contributed by atoms with Gasteiger partial charge in [0.25, 0.3) is 0 Å². The second kappa shape index (κ2) is 5.65. The Labute approximate surface area is 126 Å². The molecular formula is C14H17BrClN3. The molecule has 5 heteroatoms. The fourth-order valence-corrected chi connectivity index (χ4v) is 2.85. The summed E-state index contributed by atoms with van der Waals surface area (Å²) in [6, 6.07) is 6.06. The Kier molecular flexibility index (Phi) is 4.33. The topological polar surface area (TPSA) is 43.8 Å². The van der Waals surface area contributed by atoms with Crippen LogP contribution in [0.25, 0.3) is 0 Å². The summed E-state index contributed by atoms with van der Waals surface area (Å²) in [5.74, 6) is 0. The standard InChI is InChI=1S/C14H17BrClN3/c1-8-4-5-10(15)6-11(8)12(17)7-13-14(16)9(2)18-19(13)3/h4-6,12H,7,17H2,1-3H3. The first kappa shape index (κ1) is 14.6. The van der Waals surface area contributed by atoms with Crippen molar-refractivity contribution >= 4 is 27.5 Å². The number of halogens is 2. The van der Waals surface area contributed by atoms with Crippen molar-refractivity contribution in [2.75, 3.05) is 0 Å². The van der Waals surface area contributed by atoms with Crippen LogP contribution in [0.2, 0.25) is 5.02 Å². The van der Waals surface area contributed by atoms with Crippen molar-refractivity contribution in [3.8, 4) is 0 Å². The molecule has 0 saturated carbocycles. The molecule has 0 bridgehead atoms. The van der Waals surface area contributed by atoms with Crippen molar-refractivity contribution in [1.29, 1.82) is 0 Å². The molecule has 19 heavy (non-hydrogen) atoms. The molecule has 0 aliphatic carbocycles. The number of benzene rings is 1. The number of hydrogen-bond acceptors (Lipinski definition) is 2. The summed E-state index contributed by atoms with van der Waals surface area (Å²) in [5.41, 5.74) is 10.5. The predicted octanol–water partition coefficient (Wildman–Crippen LogP) is 3.70. The third-order valence-corrected chi connectivity index (χ3v) is 4.30. The maximum Gasteiger partial charge on any atom is 0.0847 e. The largest absolute Gasteiger partial charge is 0.324 e. The highest BCUT2D eigenvalue weighted by atomic mass is 79.9. The minimum atomic E-state index is -0.0928. The average molecular weight is 343 g/mol. The molecule has 0 spiro atoms. The van der Waals surface area contributed by atoms with Gasteiger partial charge in [0.05, 0.1) is 16.4 Å². The Morgan fingerprint density at radius 2 is 2.11 bits per heavy atom. The first-order chi connectivity index (χ1) is 8.90. The Bertz CT molecular complexity index is 607. The highest BCUT2D eigenvalue weighted by Crippen LogP contribution is 2.27. The molecule has 1 atom stereocenters. The first-order valence-electron chi connectivity index (χ1n) is 6.09. The third-order valence-electron chi connectivity index (χ3n) is 3.32. The predicted molar refractivity (Wildman–Crippen MR) is 82.5 cm³/mol. The van der Waals surface area contributed by atoms with Gasteiger partial charge in [-0.1, -0.05) is 33.6 Å². The van der Waals surface area contributed by atoms with E-state index in [0.29, 0.717) is 11.4 Å². The molecule has 0 saturated heterocycles. The normalized spacial score (nSPS) is 12.7.